The average molecular weight is 208 g/mol. The van der Waals surface area contributed by atoms with Gasteiger partial charge in [0.05, 0.1) is 13.7 Å². The van der Waals surface area contributed by atoms with Crippen LogP contribution in [0.2, 0.25) is 0 Å². The van der Waals surface area contributed by atoms with E-state index in [0.717, 1.165) is 24.8 Å². The standard InChI is InChI=1S/C12H16O3/c1-15-9-3-4-10(11(14)7-9)12(8-13)5-2-6-12/h3-4,7,13-14H,2,5-6,8H2,1H3. The summed E-state index contributed by atoms with van der Waals surface area (Å²) in [5, 5.41) is 19.3. The Morgan fingerprint density at radius 2 is 2.13 bits per heavy atom. The topological polar surface area (TPSA) is 49.7 Å². The maximum atomic E-state index is 9.86. The number of hydrogen-bond donors (Lipinski definition) is 2. The Kier molecular flexibility index (Phi) is 2.57. The van der Waals surface area contributed by atoms with Gasteiger partial charge in [-0.1, -0.05) is 12.5 Å². The van der Waals surface area contributed by atoms with Crippen molar-refractivity contribution in [2.24, 2.45) is 0 Å². The van der Waals surface area contributed by atoms with Crippen LogP contribution in [0.4, 0.5) is 0 Å². The predicted molar refractivity (Wildman–Crippen MR) is 57.3 cm³/mol. The first kappa shape index (κ1) is 10.3. The van der Waals surface area contributed by atoms with E-state index in [0.29, 0.717) is 5.75 Å². The van der Waals surface area contributed by atoms with Crippen molar-refractivity contribution in [1.82, 2.24) is 0 Å². The minimum Gasteiger partial charge on any atom is -0.508 e. The maximum Gasteiger partial charge on any atom is 0.123 e. The van der Waals surface area contributed by atoms with Crippen molar-refractivity contribution in [3.8, 4) is 11.5 Å². The Labute approximate surface area is 89.3 Å². The number of ether oxygens (including phenoxy) is 1. The molecule has 82 valence electrons. The number of aliphatic hydroxyl groups excluding tert-OH is 1. The Morgan fingerprint density at radius 3 is 2.53 bits per heavy atom. The highest BCUT2D eigenvalue weighted by atomic mass is 16.5. The number of methoxy groups -OCH3 is 1. The van der Waals surface area contributed by atoms with Gasteiger partial charge in [0.25, 0.3) is 0 Å². The Balaban J connectivity index is 2.36. The first-order valence-electron chi connectivity index (χ1n) is 5.20. The smallest absolute Gasteiger partial charge is 0.123 e. The SMILES string of the molecule is COc1ccc(C2(CO)CCC2)c(O)c1. The largest absolute Gasteiger partial charge is 0.508 e. The van der Waals surface area contributed by atoms with Gasteiger partial charge in [-0.25, -0.2) is 0 Å². The lowest BCUT2D eigenvalue weighted by Crippen LogP contribution is -2.37. The van der Waals surface area contributed by atoms with Crippen molar-refractivity contribution < 1.29 is 14.9 Å². The third-order valence-corrected chi connectivity index (χ3v) is 3.39. The molecule has 0 heterocycles. The van der Waals surface area contributed by atoms with Crippen molar-refractivity contribution in [3.05, 3.63) is 23.8 Å². The summed E-state index contributed by atoms with van der Waals surface area (Å²) in [6, 6.07) is 5.28. The molecule has 0 aliphatic heterocycles. The van der Waals surface area contributed by atoms with Crippen LogP contribution in [0.5, 0.6) is 11.5 Å². The lowest BCUT2D eigenvalue weighted by Gasteiger charge is -2.41. The monoisotopic (exact) mass is 208 g/mol. The molecule has 1 aromatic rings. The van der Waals surface area contributed by atoms with Crippen LogP contribution in [0.25, 0.3) is 0 Å². The van der Waals surface area contributed by atoms with E-state index < -0.39 is 0 Å². The van der Waals surface area contributed by atoms with Crippen LogP contribution < -0.4 is 4.74 Å². The van der Waals surface area contributed by atoms with E-state index in [-0.39, 0.29) is 17.8 Å². The molecule has 0 aromatic heterocycles. The molecule has 1 aromatic carbocycles. The molecule has 0 radical (unpaired) electrons. The zero-order chi connectivity index (χ0) is 10.9. The van der Waals surface area contributed by atoms with Gasteiger partial charge in [-0.15, -0.1) is 0 Å². The normalized spacial score (nSPS) is 18.3. The maximum absolute atomic E-state index is 9.86. The van der Waals surface area contributed by atoms with Crippen molar-refractivity contribution in [1.29, 1.82) is 0 Å². The van der Waals surface area contributed by atoms with Crippen LogP contribution in [-0.4, -0.2) is 23.9 Å². The summed E-state index contributed by atoms with van der Waals surface area (Å²) in [5.41, 5.74) is 0.633. The number of benzene rings is 1. The van der Waals surface area contributed by atoms with Gasteiger partial charge >= 0.3 is 0 Å². The molecule has 2 rings (SSSR count). The zero-order valence-corrected chi connectivity index (χ0v) is 8.86. The van der Waals surface area contributed by atoms with Gasteiger partial charge in [-0.05, 0) is 18.9 Å². The van der Waals surface area contributed by atoms with Crippen molar-refractivity contribution in [2.75, 3.05) is 13.7 Å². The molecule has 1 aliphatic rings. The minimum atomic E-state index is -0.212. The molecule has 1 saturated carbocycles. The van der Waals surface area contributed by atoms with Gasteiger partial charge in [-0.3, -0.25) is 0 Å². The summed E-state index contributed by atoms with van der Waals surface area (Å²) in [5.74, 6) is 0.867. The summed E-state index contributed by atoms with van der Waals surface area (Å²) in [6.07, 6.45) is 3.01. The summed E-state index contributed by atoms with van der Waals surface area (Å²) in [4.78, 5) is 0. The molecule has 0 amide bonds. The molecule has 0 atom stereocenters. The Hall–Kier alpha value is -1.22. The fourth-order valence-electron chi connectivity index (χ4n) is 2.20. The highest BCUT2D eigenvalue weighted by Crippen LogP contribution is 2.47. The molecule has 3 nitrogen and oxygen atoms in total. The van der Waals surface area contributed by atoms with E-state index in [4.69, 9.17) is 4.74 Å². The number of aliphatic hydroxyl groups is 1. The first-order chi connectivity index (χ1) is 7.22. The molecule has 0 spiro atoms. The van der Waals surface area contributed by atoms with Crippen LogP contribution in [0.3, 0.4) is 0 Å². The Bertz CT molecular complexity index is 350. The van der Waals surface area contributed by atoms with Crippen molar-refractivity contribution in [3.63, 3.8) is 0 Å². The van der Waals surface area contributed by atoms with Gasteiger partial charge < -0.3 is 14.9 Å². The third-order valence-electron chi connectivity index (χ3n) is 3.39. The van der Waals surface area contributed by atoms with E-state index >= 15 is 0 Å². The van der Waals surface area contributed by atoms with Crippen LogP contribution >= 0.6 is 0 Å². The van der Waals surface area contributed by atoms with Gasteiger partial charge in [0.15, 0.2) is 0 Å². The summed E-state index contributed by atoms with van der Waals surface area (Å²) < 4.78 is 5.03. The average Bonchev–Trinajstić information content (AvgIpc) is 2.19. The first-order valence-corrected chi connectivity index (χ1v) is 5.20. The van der Waals surface area contributed by atoms with E-state index in [9.17, 15) is 10.2 Å². The van der Waals surface area contributed by atoms with Gasteiger partial charge in [0.2, 0.25) is 0 Å². The number of hydrogen-bond acceptors (Lipinski definition) is 3. The molecule has 15 heavy (non-hydrogen) atoms. The second-order valence-electron chi connectivity index (χ2n) is 4.18. The lowest BCUT2D eigenvalue weighted by atomic mass is 9.65. The molecule has 1 fully saturated rings. The number of phenolic OH excluding ortho intramolecular Hbond substituents is 1. The quantitative estimate of drug-likeness (QED) is 0.796. The highest BCUT2D eigenvalue weighted by molar-refractivity contribution is 5.45. The van der Waals surface area contributed by atoms with Crippen LogP contribution in [-0.2, 0) is 5.41 Å². The molecular weight excluding hydrogens is 192 g/mol. The summed E-state index contributed by atoms with van der Waals surface area (Å²) in [7, 11) is 1.57. The number of rotatable bonds is 3. The highest BCUT2D eigenvalue weighted by Gasteiger charge is 2.39. The molecule has 1 aliphatic carbocycles. The fourth-order valence-corrected chi connectivity index (χ4v) is 2.20. The summed E-state index contributed by atoms with van der Waals surface area (Å²) in [6.45, 7) is 0.104. The molecule has 0 unspecified atom stereocenters. The predicted octanol–water partition coefficient (Wildman–Crippen LogP) is 1.81. The lowest BCUT2D eigenvalue weighted by molar-refractivity contribution is 0.117. The Morgan fingerprint density at radius 1 is 1.40 bits per heavy atom. The molecule has 0 bridgehead atoms. The van der Waals surface area contributed by atoms with E-state index in [2.05, 4.69) is 0 Å². The summed E-state index contributed by atoms with van der Waals surface area (Å²) >= 11 is 0. The molecule has 2 N–H and O–H groups in total. The van der Waals surface area contributed by atoms with Gasteiger partial charge in [-0.2, -0.15) is 0 Å². The van der Waals surface area contributed by atoms with Crippen molar-refractivity contribution >= 4 is 0 Å². The van der Waals surface area contributed by atoms with Crippen LogP contribution in [0.15, 0.2) is 18.2 Å². The zero-order valence-electron chi connectivity index (χ0n) is 8.86. The van der Waals surface area contributed by atoms with E-state index in [1.807, 2.05) is 12.1 Å². The van der Waals surface area contributed by atoms with Crippen LogP contribution in [0.1, 0.15) is 24.8 Å². The molecule has 0 saturated heterocycles. The second-order valence-corrected chi connectivity index (χ2v) is 4.18. The number of phenols is 1. The van der Waals surface area contributed by atoms with Crippen molar-refractivity contribution in [2.45, 2.75) is 24.7 Å². The number of aromatic hydroxyl groups is 1. The van der Waals surface area contributed by atoms with E-state index in [1.165, 1.54) is 0 Å². The fraction of sp³-hybridized carbons (Fsp3) is 0.500. The molecule has 3 heteroatoms. The van der Waals surface area contributed by atoms with E-state index in [1.54, 1.807) is 13.2 Å². The van der Waals surface area contributed by atoms with Gasteiger partial charge in [0.1, 0.15) is 11.5 Å². The van der Waals surface area contributed by atoms with Gasteiger partial charge in [0, 0.05) is 17.0 Å². The second kappa shape index (κ2) is 3.74. The minimum absolute atomic E-state index is 0.104. The molecular formula is C12H16O3. The van der Waals surface area contributed by atoms with Crippen LogP contribution in [0, 0.1) is 0 Å². The third kappa shape index (κ3) is 1.57.